The Hall–Kier alpha value is -0.550. The van der Waals surface area contributed by atoms with E-state index in [0.29, 0.717) is 16.5 Å². The van der Waals surface area contributed by atoms with Crippen LogP contribution >= 0.6 is 23.4 Å². The van der Waals surface area contributed by atoms with Crippen LogP contribution in [0.1, 0.15) is 39.5 Å². The lowest BCUT2D eigenvalue weighted by Gasteiger charge is -2.19. The lowest BCUT2D eigenvalue weighted by Crippen LogP contribution is -2.24. The zero-order chi connectivity index (χ0) is 13.0. The molecule has 0 bridgehead atoms. The molecular formula is C12H19ClN4S. The van der Waals surface area contributed by atoms with Crippen molar-refractivity contribution in [1.29, 1.82) is 0 Å². The summed E-state index contributed by atoms with van der Waals surface area (Å²) < 4.78 is 0. The van der Waals surface area contributed by atoms with Crippen molar-refractivity contribution in [3.63, 3.8) is 0 Å². The first kappa shape index (κ1) is 13.9. The number of aromatic nitrogens is 3. The molecule has 0 aromatic carbocycles. The highest BCUT2D eigenvalue weighted by Gasteiger charge is 2.19. The minimum absolute atomic E-state index is 0.299. The van der Waals surface area contributed by atoms with Crippen molar-refractivity contribution >= 4 is 29.3 Å². The third-order valence-electron chi connectivity index (χ3n) is 3.20. The Labute approximate surface area is 118 Å². The van der Waals surface area contributed by atoms with Crippen molar-refractivity contribution in [2.45, 2.75) is 49.9 Å². The molecule has 1 heterocycles. The Morgan fingerprint density at radius 1 is 1.17 bits per heavy atom. The van der Waals surface area contributed by atoms with Crippen LogP contribution in [-0.2, 0) is 0 Å². The fourth-order valence-corrected chi connectivity index (χ4v) is 3.52. The van der Waals surface area contributed by atoms with E-state index < -0.39 is 0 Å². The van der Waals surface area contributed by atoms with Crippen LogP contribution in [0.4, 0.5) is 5.95 Å². The topological polar surface area (TPSA) is 41.9 Å². The Morgan fingerprint density at radius 3 is 2.44 bits per heavy atom. The highest BCUT2D eigenvalue weighted by molar-refractivity contribution is 7.99. The van der Waals surface area contributed by atoms with Crippen molar-refractivity contribution in [3.05, 3.63) is 5.28 Å². The van der Waals surface area contributed by atoms with Gasteiger partial charge in [-0.1, -0.05) is 24.6 Å². The molecule has 0 unspecified atom stereocenters. The lowest BCUT2D eigenvalue weighted by molar-refractivity contribution is 0.778. The van der Waals surface area contributed by atoms with Crippen LogP contribution in [0.15, 0.2) is 5.16 Å². The maximum Gasteiger partial charge on any atom is 0.230 e. The molecule has 1 aromatic heterocycles. The van der Waals surface area contributed by atoms with Gasteiger partial charge in [-0.05, 0) is 38.3 Å². The quantitative estimate of drug-likeness (QED) is 0.830. The van der Waals surface area contributed by atoms with Crippen molar-refractivity contribution in [2.24, 2.45) is 0 Å². The fraction of sp³-hybridized carbons (Fsp3) is 0.750. The van der Waals surface area contributed by atoms with Crippen molar-refractivity contribution in [1.82, 2.24) is 15.0 Å². The van der Waals surface area contributed by atoms with Gasteiger partial charge in [0, 0.05) is 18.3 Å². The summed E-state index contributed by atoms with van der Waals surface area (Å²) in [5.74, 6) is 0.695. The molecule has 0 atom stereocenters. The van der Waals surface area contributed by atoms with Crippen LogP contribution in [0, 0.1) is 0 Å². The number of nitrogens with zero attached hydrogens (tertiary/aromatic N) is 4. The summed E-state index contributed by atoms with van der Waals surface area (Å²) in [6, 6.07) is 0. The zero-order valence-electron chi connectivity index (χ0n) is 10.9. The molecule has 18 heavy (non-hydrogen) atoms. The van der Waals surface area contributed by atoms with Gasteiger partial charge in [0.05, 0.1) is 0 Å². The summed E-state index contributed by atoms with van der Waals surface area (Å²) in [4.78, 5) is 15.0. The molecule has 6 heteroatoms. The van der Waals surface area contributed by atoms with Crippen molar-refractivity contribution < 1.29 is 0 Å². The van der Waals surface area contributed by atoms with E-state index >= 15 is 0 Å². The molecule has 0 amide bonds. The Balaban J connectivity index is 2.14. The van der Waals surface area contributed by atoms with Gasteiger partial charge in [-0.2, -0.15) is 15.0 Å². The van der Waals surface area contributed by atoms with Gasteiger partial charge in [-0.15, -0.1) is 0 Å². The average Bonchev–Trinajstić information content (AvgIpc) is 2.83. The van der Waals surface area contributed by atoms with Gasteiger partial charge in [-0.3, -0.25) is 0 Å². The minimum Gasteiger partial charge on any atom is -0.341 e. The minimum atomic E-state index is 0.299. The van der Waals surface area contributed by atoms with Crippen LogP contribution < -0.4 is 4.90 Å². The summed E-state index contributed by atoms with van der Waals surface area (Å²) in [5, 5.41) is 1.71. The van der Waals surface area contributed by atoms with E-state index in [4.69, 9.17) is 11.6 Å². The Morgan fingerprint density at radius 2 is 1.83 bits per heavy atom. The second-order valence-electron chi connectivity index (χ2n) is 4.38. The molecule has 2 rings (SSSR count). The molecule has 1 aromatic rings. The summed E-state index contributed by atoms with van der Waals surface area (Å²) >= 11 is 7.74. The van der Waals surface area contributed by atoms with Gasteiger partial charge in [0.15, 0.2) is 5.16 Å². The van der Waals surface area contributed by atoms with E-state index in [0.717, 1.165) is 18.2 Å². The monoisotopic (exact) mass is 286 g/mol. The number of halogens is 1. The van der Waals surface area contributed by atoms with Gasteiger partial charge in [0.2, 0.25) is 11.2 Å². The van der Waals surface area contributed by atoms with Crippen molar-refractivity contribution in [2.75, 3.05) is 18.0 Å². The molecule has 1 aliphatic carbocycles. The maximum atomic E-state index is 5.99. The first-order valence-electron chi connectivity index (χ1n) is 6.56. The van der Waals surface area contributed by atoms with E-state index in [-0.39, 0.29) is 0 Å². The predicted molar refractivity (Wildman–Crippen MR) is 76.5 cm³/mol. The molecular weight excluding hydrogens is 268 g/mol. The largest absolute Gasteiger partial charge is 0.341 e. The molecule has 1 saturated carbocycles. The van der Waals surface area contributed by atoms with E-state index in [2.05, 4.69) is 33.7 Å². The van der Waals surface area contributed by atoms with Crippen LogP contribution in [0.5, 0.6) is 0 Å². The zero-order valence-corrected chi connectivity index (χ0v) is 12.5. The number of thioether (sulfide) groups is 1. The van der Waals surface area contributed by atoms with Gasteiger partial charge in [0.1, 0.15) is 0 Å². The fourth-order valence-electron chi connectivity index (χ4n) is 2.18. The van der Waals surface area contributed by atoms with Gasteiger partial charge < -0.3 is 4.90 Å². The second-order valence-corrected chi connectivity index (χ2v) is 5.99. The average molecular weight is 287 g/mol. The highest BCUT2D eigenvalue weighted by Crippen LogP contribution is 2.33. The van der Waals surface area contributed by atoms with Gasteiger partial charge >= 0.3 is 0 Å². The van der Waals surface area contributed by atoms with Crippen LogP contribution in [-0.4, -0.2) is 33.3 Å². The first-order chi connectivity index (χ1) is 8.72. The maximum absolute atomic E-state index is 5.99. The molecule has 0 aliphatic heterocycles. The first-order valence-corrected chi connectivity index (χ1v) is 7.81. The summed E-state index contributed by atoms with van der Waals surface area (Å²) in [6.45, 7) is 5.94. The highest BCUT2D eigenvalue weighted by atomic mass is 35.5. The number of rotatable bonds is 5. The van der Waals surface area contributed by atoms with Crippen LogP contribution in [0.2, 0.25) is 5.28 Å². The number of anilines is 1. The Bertz CT molecular complexity index is 392. The van der Waals surface area contributed by atoms with Crippen molar-refractivity contribution in [3.8, 4) is 0 Å². The molecule has 0 spiro atoms. The second kappa shape index (κ2) is 6.57. The molecule has 100 valence electrons. The molecule has 1 aliphatic rings. The van der Waals surface area contributed by atoms with E-state index in [1.54, 1.807) is 11.8 Å². The summed E-state index contributed by atoms with van der Waals surface area (Å²) in [6.07, 6.45) is 5.15. The number of hydrogen-bond acceptors (Lipinski definition) is 5. The molecule has 4 nitrogen and oxygen atoms in total. The smallest absolute Gasteiger partial charge is 0.230 e. The van der Waals surface area contributed by atoms with Crippen LogP contribution in [0.3, 0.4) is 0 Å². The van der Waals surface area contributed by atoms with E-state index in [1.165, 1.54) is 25.7 Å². The molecule has 0 radical (unpaired) electrons. The molecule has 1 fully saturated rings. The number of hydrogen-bond donors (Lipinski definition) is 0. The third kappa shape index (κ3) is 3.48. The summed E-state index contributed by atoms with van der Waals surface area (Å²) in [5.41, 5.74) is 0. The van der Waals surface area contributed by atoms with E-state index in [1.807, 2.05) is 0 Å². The Kier molecular flexibility index (Phi) is 5.06. The van der Waals surface area contributed by atoms with E-state index in [9.17, 15) is 0 Å². The van der Waals surface area contributed by atoms with Crippen LogP contribution in [0.25, 0.3) is 0 Å². The third-order valence-corrected chi connectivity index (χ3v) is 4.56. The van der Waals surface area contributed by atoms with Gasteiger partial charge in [-0.25, -0.2) is 0 Å². The molecule has 0 saturated heterocycles. The molecule has 0 N–H and O–H groups in total. The van der Waals surface area contributed by atoms with Gasteiger partial charge in [0.25, 0.3) is 0 Å². The standard InChI is InChI=1S/C12H19ClN4S/c1-3-17(4-2)11-14-10(13)15-12(16-11)18-9-7-5-6-8-9/h9H,3-8H2,1-2H3. The lowest BCUT2D eigenvalue weighted by atomic mass is 10.4. The predicted octanol–water partition coefficient (Wildman–Crippen LogP) is 3.41. The normalized spacial score (nSPS) is 16.2. The SMILES string of the molecule is CCN(CC)c1nc(Cl)nc(SC2CCCC2)n1. The summed E-state index contributed by atoms with van der Waals surface area (Å²) in [7, 11) is 0.